The van der Waals surface area contributed by atoms with Gasteiger partial charge in [0, 0.05) is 17.3 Å². The third-order valence-electron chi connectivity index (χ3n) is 5.92. The highest BCUT2D eigenvalue weighted by molar-refractivity contribution is 6.42. The van der Waals surface area contributed by atoms with Gasteiger partial charge in [-0.25, -0.2) is 9.79 Å². The number of benzene rings is 2. The molecule has 0 radical (unpaired) electrons. The number of carbonyl (C=O) groups is 2. The van der Waals surface area contributed by atoms with E-state index in [-0.39, 0.29) is 23.4 Å². The minimum absolute atomic E-state index is 0.0101. The van der Waals surface area contributed by atoms with Crippen LogP contribution in [-0.2, 0) is 10.2 Å². The molecular weight excluding hydrogens is 487 g/mol. The molecule has 35 heavy (non-hydrogen) atoms. The normalized spacial score (nSPS) is 18.5. The zero-order chi connectivity index (χ0) is 25.6. The first-order valence-electron chi connectivity index (χ1n) is 11.6. The average Bonchev–Trinajstić information content (AvgIpc) is 2.81. The number of guanidine groups is 1. The molecule has 3 N–H and O–H groups in total. The minimum Gasteiger partial charge on any atom is -0.453 e. The zero-order valence-electron chi connectivity index (χ0n) is 20.5. The summed E-state index contributed by atoms with van der Waals surface area (Å²) in [7, 11) is 1.36. The number of hydrogen-bond donors (Lipinski definition) is 3. The van der Waals surface area contributed by atoms with Crippen molar-refractivity contribution in [3.63, 3.8) is 0 Å². The first kappa shape index (κ1) is 26.8. The van der Waals surface area contributed by atoms with Gasteiger partial charge in [-0.2, -0.15) is 0 Å². The number of methoxy groups -OCH3 is 1. The lowest BCUT2D eigenvalue weighted by molar-refractivity contribution is 0.0976. The molecule has 0 aromatic heterocycles. The molecule has 2 aromatic carbocycles. The van der Waals surface area contributed by atoms with Crippen LogP contribution in [0.25, 0.3) is 0 Å². The molecule has 1 saturated carbocycles. The van der Waals surface area contributed by atoms with E-state index < -0.39 is 6.09 Å². The number of anilines is 1. The maximum absolute atomic E-state index is 13.0. The SMILES string of the molecule is COC(=O)NC1CCC(N=C(NC(=O)c2ccc(Cl)c(Cl)c2)Nc2ccccc2C(C)(C)C)CC1. The first-order chi connectivity index (χ1) is 16.6. The number of hydrogen-bond acceptors (Lipinski definition) is 4. The molecule has 0 bridgehead atoms. The molecule has 7 nitrogen and oxygen atoms in total. The molecule has 0 heterocycles. The lowest BCUT2D eigenvalue weighted by atomic mass is 9.86. The van der Waals surface area contributed by atoms with Crippen LogP contribution in [0, 0.1) is 0 Å². The number of nitrogens with one attached hydrogen (secondary N) is 3. The van der Waals surface area contributed by atoms with E-state index in [2.05, 4.69) is 42.8 Å². The number of rotatable bonds is 4. The first-order valence-corrected chi connectivity index (χ1v) is 12.4. The molecule has 1 fully saturated rings. The van der Waals surface area contributed by atoms with Gasteiger partial charge in [-0.15, -0.1) is 0 Å². The van der Waals surface area contributed by atoms with E-state index in [4.69, 9.17) is 32.9 Å². The van der Waals surface area contributed by atoms with E-state index >= 15 is 0 Å². The van der Waals surface area contributed by atoms with Crippen molar-refractivity contribution in [3.05, 3.63) is 63.6 Å². The molecule has 2 amide bonds. The van der Waals surface area contributed by atoms with Crippen molar-refractivity contribution in [1.29, 1.82) is 0 Å². The van der Waals surface area contributed by atoms with Gasteiger partial charge in [0.2, 0.25) is 5.96 Å². The van der Waals surface area contributed by atoms with Crippen LogP contribution in [0.3, 0.4) is 0 Å². The predicted molar refractivity (Wildman–Crippen MR) is 142 cm³/mol. The fraction of sp³-hybridized carbons (Fsp3) is 0.423. The maximum atomic E-state index is 13.0. The van der Waals surface area contributed by atoms with Crippen molar-refractivity contribution in [2.75, 3.05) is 12.4 Å². The molecular formula is C26H32Cl2N4O3. The van der Waals surface area contributed by atoms with Crippen LogP contribution in [-0.4, -0.2) is 37.2 Å². The van der Waals surface area contributed by atoms with Crippen molar-refractivity contribution in [1.82, 2.24) is 10.6 Å². The smallest absolute Gasteiger partial charge is 0.407 e. The Morgan fingerprint density at radius 2 is 1.69 bits per heavy atom. The molecule has 0 unspecified atom stereocenters. The second-order valence-corrected chi connectivity index (χ2v) is 10.4. The van der Waals surface area contributed by atoms with E-state index in [1.165, 1.54) is 13.2 Å². The predicted octanol–water partition coefficient (Wildman–Crippen LogP) is 6.16. The Balaban J connectivity index is 1.83. The lowest BCUT2D eigenvalue weighted by Crippen LogP contribution is -2.40. The van der Waals surface area contributed by atoms with Gasteiger partial charge in [-0.05, 0) is 60.9 Å². The zero-order valence-corrected chi connectivity index (χ0v) is 22.0. The van der Waals surface area contributed by atoms with Gasteiger partial charge in [0.15, 0.2) is 0 Å². The number of amides is 2. The Labute approximate surface area is 216 Å². The van der Waals surface area contributed by atoms with E-state index in [1.54, 1.807) is 12.1 Å². The second-order valence-electron chi connectivity index (χ2n) is 9.62. The van der Waals surface area contributed by atoms with Crippen LogP contribution >= 0.6 is 23.2 Å². The van der Waals surface area contributed by atoms with Gasteiger partial charge < -0.3 is 15.4 Å². The maximum Gasteiger partial charge on any atom is 0.407 e. The molecule has 9 heteroatoms. The summed E-state index contributed by atoms with van der Waals surface area (Å²) in [5.41, 5.74) is 2.24. The summed E-state index contributed by atoms with van der Waals surface area (Å²) in [4.78, 5) is 29.4. The quantitative estimate of drug-likeness (QED) is 0.334. The van der Waals surface area contributed by atoms with Crippen LogP contribution in [0.4, 0.5) is 10.5 Å². The monoisotopic (exact) mass is 518 g/mol. The summed E-state index contributed by atoms with van der Waals surface area (Å²) in [6, 6.07) is 12.8. The highest BCUT2D eigenvalue weighted by atomic mass is 35.5. The highest BCUT2D eigenvalue weighted by Gasteiger charge is 2.24. The summed E-state index contributed by atoms with van der Waals surface area (Å²) >= 11 is 12.1. The topological polar surface area (TPSA) is 91.8 Å². The van der Waals surface area contributed by atoms with Crippen molar-refractivity contribution in [3.8, 4) is 0 Å². The molecule has 0 saturated heterocycles. The van der Waals surface area contributed by atoms with E-state index in [9.17, 15) is 9.59 Å². The molecule has 188 valence electrons. The Morgan fingerprint density at radius 3 is 2.31 bits per heavy atom. The largest absolute Gasteiger partial charge is 0.453 e. The van der Waals surface area contributed by atoms with Gasteiger partial charge in [0.05, 0.1) is 23.2 Å². The Kier molecular flexibility index (Phi) is 9.03. The fourth-order valence-corrected chi connectivity index (χ4v) is 4.34. The third-order valence-corrected chi connectivity index (χ3v) is 6.66. The van der Waals surface area contributed by atoms with Crippen LogP contribution in [0.2, 0.25) is 10.0 Å². The number of aliphatic imine (C=N–C) groups is 1. The van der Waals surface area contributed by atoms with Crippen molar-refractivity contribution in [2.45, 2.75) is 64.0 Å². The summed E-state index contributed by atoms with van der Waals surface area (Å²) in [5.74, 6) is 0.0197. The molecule has 0 spiro atoms. The standard InChI is InChI=1S/C26H32Cl2N4O3/c1-26(2,3)19-7-5-6-8-22(19)31-24(32-23(33)16-9-14-20(27)21(28)15-16)29-17-10-12-18(13-11-17)30-25(34)35-4/h5-9,14-15,17-18H,10-13H2,1-4H3,(H,30,34)(H2,29,31,32,33). The number of para-hydroxylation sites is 1. The summed E-state index contributed by atoms with van der Waals surface area (Å²) < 4.78 is 4.70. The third kappa shape index (κ3) is 7.61. The molecule has 2 aromatic rings. The summed E-state index contributed by atoms with van der Waals surface area (Å²) in [5, 5.41) is 9.80. The van der Waals surface area contributed by atoms with E-state index in [1.807, 2.05) is 18.2 Å². The number of carbonyl (C=O) groups excluding carboxylic acids is 2. The number of halogens is 2. The van der Waals surface area contributed by atoms with Crippen LogP contribution < -0.4 is 16.0 Å². The summed E-state index contributed by atoms with van der Waals surface area (Å²) in [6.07, 6.45) is 2.66. The Morgan fingerprint density at radius 1 is 1.00 bits per heavy atom. The molecule has 1 aliphatic carbocycles. The molecule has 1 aliphatic rings. The van der Waals surface area contributed by atoms with Crippen LogP contribution in [0.5, 0.6) is 0 Å². The van der Waals surface area contributed by atoms with Gasteiger partial charge >= 0.3 is 6.09 Å². The van der Waals surface area contributed by atoms with Gasteiger partial charge in [0.1, 0.15) is 0 Å². The van der Waals surface area contributed by atoms with E-state index in [0.29, 0.717) is 21.6 Å². The highest BCUT2D eigenvalue weighted by Crippen LogP contribution is 2.30. The van der Waals surface area contributed by atoms with Gasteiger partial charge in [-0.1, -0.05) is 62.2 Å². The minimum atomic E-state index is -0.424. The van der Waals surface area contributed by atoms with Gasteiger partial charge in [-0.3, -0.25) is 10.1 Å². The number of ether oxygens (including phenoxy) is 1. The Bertz CT molecular complexity index is 1090. The molecule has 0 atom stereocenters. The molecule has 3 rings (SSSR count). The Hall–Kier alpha value is -2.77. The number of nitrogens with zero attached hydrogens (tertiary/aromatic N) is 1. The molecule has 0 aliphatic heterocycles. The van der Waals surface area contributed by atoms with Crippen LogP contribution in [0.15, 0.2) is 47.5 Å². The van der Waals surface area contributed by atoms with Crippen molar-refractivity contribution in [2.24, 2.45) is 4.99 Å². The van der Waals surface area contributed by atoms with Gasteiger partial charge in [0.25, 0.3) is 5.91 Å². The summed E-state index contributed by atoms with van der Waals surface area (Å²) in [6.45, 7) is 6.40. The fourth-order valence-electron chi connectivity index (χ4n) is 4.04. The lowest BCUT2D eigenvalue weighted by Gasteiger charge is -2.28. The van der Waals surface area contributed by atoms with Crippen molar-refractivity contribution < 1.29 is 14.3 Å². The second kappa shape index (κ2) is 11.8. The number of alkyl carbamates (subject to hydrolysis) is 1. The average molecular weight is 519 g/mol. The van der Waals surface area contributed by atoms with E-state index in [0.717, 1.165) is 36.9 Å². The van der Waals surface area contributed by atoms with Crippen LogP contribution in [0.1, 0.15) is 62.4 Å². The van der Waals surface area contributed by atoms with Crippen molar-refractivity contribution >= 4 is 46.8 Å².